The zero-order valence-electron chi connectivity index (χ0n) is 21.5. The van der Waals surface area contributed by atoms with Gasteiger partial charge in [0.1, 0.15) is 17.5 Å². The number of carbonyl (C=O) groups is 2. The molecule has 6 heteroatoms. The van der Waals surface area contributed by atoms with Crippen LogP contribution in [0, 0.1) is 45.8 Å². The summed E-state index contributed by atoms with van der Waals surface area (Å²) >= 11 is 0. The van der Waals surface area contributed by atoms with E-state index in [1.54, 1.807) is 0 Å². The zero-order chi connectivity index (χ0) is 24.7. The van der Waals surface area contributed by atoms with E-state index in [1.165, 1.54) is 0 Å². The second-order valence-electron chi connectivity index (χ2n) is 13.5. The molecular weight excluding hydrogens is 444 g/mol. The van der Waals surface area contributed by atoms with Gasteiger partial charge in [0.05, 0.1) is 29.8 Å². The van der Waals surface area contributed by atoms with E-state index in [4.69, 9.17) is 9.47 Å². The van der Waals surface area contributed by atoms with E-state index < -0.39 is 17.1 Å². The lowest BCUT2D eigenvalue weighted by atomic mass is 9.48. The highest BCUT2D eigenvalue weighted by molar-refractivity contribution is 5.94. The molecule has 0 aromatic carbocycles. The standard InChI is InChI=1S/C29H40O6/c1-14-11-21(34-25(33)17(14)13-30)15(2)18-5-6-19-20-12-24-29(35-24)23(32)8-7-22(31)28(29)16(3)27(20,28)10-9-26(18,19)4/h15-16,18-21,23-24,30,32H,5-13H2,1-4H3. The molecule has 3 spiro atoms. The summed E-state index contributed by atoms with van der Waals surface area (Å²) in [5.74, 6) is 2.04. The van der Waals surface area contributed by atoms with Crippen LogP contribution in [0.2, 0.25) is 0 Å². The lowest BCUT2D eigenvalue weighted by Gasteiger charge is -2.55. The highest BCUT2D eigenvalue weighted by Crippen LogP contribution is 2.91. The number of epoxide rings is 1. The molecular formula is C29H40O6. The van der Waals surface area contributed by atoms with Crippen molar-refractivity contribution in [2.75, 3.05) is 6.61 Å². The Balaban J connectivity index is 1.19. The summed E-state index contributed by atoms with van der Waals surface area (Å²) in [5.41, 5.74) is 0.477. The molecule has 0 amide bonds. The molecule has 6 nitrogen and oxygen atoms in total. The Morgan fingerprint density at radius 1 is 1.14 bits per heavy atom. The molecule has 1 saturated heterocycles. The molecule has 0 aromatic rings. The number of esters is 1. The van der Waals surface area contributed by atoms with Crippen LogP contribution >= 0.6 is 0 Å². The first kappa shape index (κ1) is 22.9. The molecule has 0 bridgehead atoms. The number of cyclic esters (lactones) is 1. The van der Waals surface area contributed by atoms with E-state index in [0.717, 1.165) is 37.7 Å². The van der Waals surface area contributed by atoms with Gasteiger partial charge in [-0.1, -0.05) is 26.3 Å². The Kier molecular flexibility index (Phi) is 4.45. The average molecular weight is 485 g/mol. The molecule has 35 heavy (non-hydrogen) atoms. The quantitative estimate of drug-likeness (QED) is 0.470. The Bertz CT molecular complexity index is 1050. The molecule has 2 aliphatic heterocycles. The van der Waals surface area contributed by atoms with Crippen molar-refractivity contribution in [3.8, 4) is 0 Å². The topological polar surface area (TPSA) is 96.4 Å². The van der Waals surface area contributed by atoms with Gasteiger partial charge in [0.25, 0.3) is 0 Å². The van der Waals surface area contributed by atoms with Crippen LogP contribution in [0.25, 0.3) is 0 Å². The summed E-state index contributed by atoms with van der Waals surface area (Å²) in [6, 6.07) is 0. The Hall–Kier alpha value is -1.24. The highest BCUT2D eigenvalue weighted by Gasteiger charge is 2.97. The third-order valence-electron chi connectivity index (χ3n) is 13.1. The van der Waals surface area contributed by atoms with Gasteiger partial charge in [-0.2, -0.15) is 0 Å². The van der Waals surface area contributed by atoms with Gasteiger partial charge in [0.2, 0.25) is 0 Å². The Labute approximate surface area is 207 Å². The molecule has 2 N–H and O–H groups in total. The number of ether oxygens (including phenoxy) is 2. The van der Waals surface area contributed by atoms with Crippen LogP contribution in [0.15, 0.2) is 11.1 Å². The van der Waals surface area contributed by atoms with Crippen LogP contribution in [-0.4, -0.2) is 52.5 Å². The van der Waals surface area contributed by atoms with Gasteiger partial charge < -0.3 is 19.7 Å². The third kappa shape index (κ3) is 2.27. The van der Waals surface area contributed by atoms with Crippen LogP contribution < -0.4 is 0 Å². The predicted molar refractivity (Wildman–Crippen MR) is 127 cm³/mol. The molecule has 12 atom stereocenters. The first-order chi connectivity index (χ1) is 16.6. The van der Waals surface area contributed by atoms with Crippen LogP contribution in [-0.2, 0) is 19.1 Å². The monoisotopic (exact) mass is 484 g/mol. The largest absolute Gasteiger partial charge is 0.458 e. The fourth-order valence-electron chi connectivity index (χ4n) is 11.6. The summed E-state index contributed by atoms with van der Waals surface area (Å²) in [6.45, 7) is 8.70. The first-order valence-corrected chi connectivity index (χ1v) is 14.0. The summed E-state index contributed by atoms with van der Waals surface area (Å²) in [5, 5.41) is 20.6. The summed E-state index contributed by atoms with van der Waals surface area (Å²) in [6.07, 6.45) is 6.57. The van der Waals surface area contributed by atoms with Gasteiger partial charge in [0.15, 0.2) is 0 Å². The SMILES string of the molecule is CC1=C(CO)C(=O)OC(C(C)C2CCC3C4CC5OC56C(O)CCC(=O)C65C(C)C45CCC23C)C1. The minimum absolute atomic E-state index is 0.00650. The molecule has 2 heterocycles. The van der Waals surface area contributed by atoms with Gasteiger partial charge in [-0.15, -0.1) is 0 Å². The van der Waals surface area contributed by atoms with Crippen molar-refractivity contribution in [3.05, 3.63) is 11.1 Å². The molecule has 5 saturated carbocycles. The van der Waals surface area contributed by atoms with Gasteiger partial charge >= 0.3 is 5.97 Å². The normalized spacial score (nSPS) is 56.8. The van der Waals surface area contributed by atoms with Crippen LogP contribution in [0.3, 0.4) is 0 Å². The van der Waals surface area contributed by atoms with E-state index >= 15 is 0 Å². The van der Waals surface area contributed by atoms with E-state index in [-0.39, 0.29) is 41.5 Å². The van der Waals surface area contributed by atoms with Crippen LogP contribution in [0.4, 0.5) is 0 Å². The number of aliphatic hydroxyl groups is 2. The number of hydrogen-bond acceptors (Lipinski definition) is 6. The fourth-order valence-corrected chi connectivity index (χ4v) is 11.6. The maximum atomic E-state index is 13.6. The number of rotatable bonds is 3. The second kappa shape index (κ2) is 6.79. The van der Waals surface area contributed by atoms with Gasteiger partial charge in [-0.3, -0.25) is 4.79 Å². The average Bonchev–Trinajstić information content (AvgIpc) is 3.63. The molecule has 0 aromatic heterocycles. The minimum atomic E-state index is -0.595. The summed E-state index contributed by atoms with van der Waals surface area (Å²) in [7, 11) is 0. The first-order valence-electron chi connectivity index (χ1n) is 14.0. The minimum Gasteiger partial charge on any atom is -0.458 e. The number of Topliss-reactive ketones (excluding diaryl/α,β-unsaturated/α-hetero) is 1. The maximum absolute atomic E-state index is 13.6. The molecule has 7 rings (SSSR count). The second-order valence-corrected chi connectivity index (χ2v) is 13.5. The van der Waals surface area contributed by atoms with E-state index in [9.17, 15) is 19.8 Å². The fraction of sp³-hybridized carbons (Fsp3) is 0.862. The van der Waals surface area contributed by atoms with E-state index in [0.29, 0.717) is 54.3 Å². The lowest BCUT2D eigenvalue weighted by molar-refractivity contribution is -0.153. The number of aliphatic hydroxyl groups excluding tert-OH is 2. The number of hydrogen-bond donors (Lipinski definition) is 2. The molecule has 7 aliphatic rings. The van der Waals surface area contributed by atoms with Crippen molar-refractivity contribution >= 4 is 11.8 Å². The molecule has 5 aliphatic carbocycles. The summed E-state index contributed by atoms with van der Waals surface area (Å²) in [4.78, 5) is 26.2. The number of carbonyl (C=O) groups excluding carboxylic acids is 2. The van der Waals surface area contributed by atoms with Crippen molar-refractivity contribution in [3.63, 3.8) is 0 Å². The van der Waals surface area contributed by atoms with Crippen LogP contribution in [0.1, 0.15) is 79.1 Å². The lowest BCUT2D eigenvalue weighted by Crippen LogP contribution is -2.58. The summed E-state index contributed by atoms with van der Waals surface area (Å²) < 4.78 is 12.3. The van der Waals surface area contributed by atoms with Gasteiger partial charge in [0, 0.05) is 12.8 Å². The van der Waals surface area contributed by atoms with Crippen molar-refractivity contribution < 1.29 is 29.3 Å². The van der Waals surface area contributed by atoms with Crippen molar-refractivity contribution in [2.45, 2.75) is 103 Å². The Morgan fingerprint density at radius 2 is 1.91 bits per heavy atom. The molecule has 192 valence electrons. The molecule has 0 radical (unpaired) electrons. The van der Waals surface area contributed by atoms with E-state index in [1.807, 2.05) is 6.92 Å². The maximum Gasteiger partial charge on any atom is 0.336 e. The van der Waals surface area contributed by atoms with Gasteiger partial charge in [-0.05, 0) is 85.9 Å². The predicted octanol–water partition coefficient (Wildman–Crippen LogP) is 3.58. The van der Waals surface area contributed by atoms with E-state index in [2.05, 4.69) is 20.8 Å². The van der Waals surface area contributed by atoms with Crippen molar-refractivity contribution in [1.29, 1.82) is 0 Å². The third-order valence-corrected chi connectivity index (χ3v) is 13.1. The zero-order valence-corrected chi connectivity index (χ0v) is 21.5. The number of fused-ring (bicyclic) bond motifs is 2. The highest BCUT2D eigenvalue weighted by atomic mass is 16.6. The van der Waals surface area contributed by atoms with Crippen molar-refractivity contribution in [2.24, 2.45) is 45.8 Å². The number of ketones is 1. The smallest absolute Gasteiger partial charge is 0.336 e. The Morgan fingerprint density at radius 3 is 2.63 bits per heavy atom. The van der Waals surface area contributed by atoms with Crippen LogP contribution in [0.5, 0.6) is 0 Å². The van der Waals surface area contributed by atoms with Crippen molar-refractivity contribution in [1.82, 2.24) is 0 Å². The molecule has 6 fully saturated rings. The molecule has 12 unspecified atom stereocenters. The van der Waals surface area contributed by atoms with Gasteiger partial charge in [-0.25, -0.2) is 4.79 Å².